The van der Waals surface area contributed by atoms with Gasteiger partial charge in [0.1, 0.15) is 12.4 Å². The smallest absolute Gasteiger partial charge is 0.271 e. The SMILES string of the molecule is CCn1c(COc2cc(C)c(Cl)c(C)c2)nnc1SCC(=O)Nc1cccc([N+](=O)[O-])c1. The minimum atomic E-state index is -0.510. The predicted molar refractivity (Wildman–Crippen MR) is 123 cm³/mol. The lowest BCUT2D eigenvalue weighted by atomic mass is 10.1. The molecule has 1 heterocycles. The van der Waals surface area contributed by atoms with Crippen LogP contribution in [0.1, 0.15) is 23.9 Å². The van der Waals surface area contributed by atoms with E-state index in [1.165, 1.54) is 30.0 Å². The topological polar surface area (TPSA) is 112 Å². The second kappa shape index (κ2) is 10.5. The first kappa shape index (κ1) is 23.6. The van der Waals surface area contributed by atoms with Crippen LogP contribution in [-0.2, 0) is 17.9 Å². The van der Waals surface area contributed by atoms with E-state index in [-0.39, 0.29) is 24.0 Å². The number of anilines is 1. The molecule has 3 aromatic rings. The first-order valence-corrected chi connectivity index (χ1v) is 11.1. The van der Waals surface area contributed by atoms with Crippen LogP contribution >= 0.6 is 23.4 Å². The van der Waals surface area contributed by atoms with Crippen molar-refractivity contribution in [2.45, 2.75) is 39.1 Å². The molecule has 32 heavy (non-hydrogen) atoms. The molecule has 1 aromatic heterocycles. The van der Waals surface area contributed by atoms with Crippen LogP contribution in [0.25, 0.3) is 0 Å². The minimum absolute atomic E-state index is 0.0806. The molecule has 0 bridgehead atoms. The van der Waals surface area contributed by atoms with E-state index < -0.39 is 4.92 Å². The number of carbonyl (C=O) groups excluding carboxylic acids is 1. The molecule has 0 fully saturated rings. The summed E-state index contributed by atoms with van der Waals surface area (Å²) in [4.78, 5) is 22.6. The van der Waals surface area contributed by atoms with Crippen molar-refractivity contribution >= 4 is 40.6 Å². The summed E-state index contributed by atoms with van der Waals surface area (Å²) >= 11 is 7.43. The number of aryl methyl sites for hydroxylation is 2. The van der Waals surface area contributed by atoms with Crippen molar-refractivity contribution < 1.29 is 14.5 Å². The third-order valence-corrected chi connectivity index (χ3v) is 6.12. The summed E-state index contributed by atoms with van der Waals surface area (Å²) in [5.74, 6) is 1.11. The standard InChI is InChI=1S/C21H22ClN5O4S/c1-4-26-18(11-31-17-8-13(2)20(22)14(3)9-17)24-25-21(26)32-12-19(28)23-15-6-5-7-16(10-15)27(29)30/h5-10H,4,11-12H2,1-3H3,(H,23,28). The highest BCUT2D eigenvalue weighted by molar-refractivity contribution is 7.99. The van der Waals surface area contributed by atoms with Crippen molar-refractivity contribution in [3.05, 3.63) is 68.5 Å². The summed E-state index contributed by atoms with van der Waals surface area (Å²) in [5, 5.41) is 23.2. The first-order valence-electron chi connectivity index (χ1n) is 9.77. The zero-order valence-corrected chi connectivity index (χ0v) is 19.4. The van der Waals surface area contributed by atoms with Gasteiger partial charge in [-0.3, -0.25) is 14.9 Å². The molecular weight excluding hydrogens is 454 g/mol. The fourth-order valence-electron chi connectivity index (χ4n) is 3.01. The van der Waals surface area contributed by atoms with Crippen molar-refractivity contribution in [2.24, 2.45) is 0 Å². The molecule has 0 radical (unpaired) electrons. The van der Waals surface area contributed by atoms with Gasteiger partial charge in [0.05, 0.1) is 10.7 Å². The Kier molecular flexibility index (Phi) is 7.70. The number of rotatable bonds is 9. The number of carbonyl (C=O) groups is 1. The van der Waals surface area contributed by atoms with Gasteiger partial charge in [-0.1, -0.05) is 29.4 Å². The Morgan fingerprint density at radius 1 is 1.25 bits per heavy atom. The summed E-state index contributed by atoms with van der Waals surface area (Å²) in [6, 6.07) is 9.53. The highest BCUT2D eigenvalue weighted by atomic mass is 35.5. The Bertz CT molecular complexity index is 1130. The Balaban J connectivity index is 1.60. The molecule has 0 saturated carbocycles. The second-order valence-corrected chi connectivity index (χ2v) is 8.27. The molecule has 0 atom stereocenters. The zero-order valence-electron chi connectivity index (χ0n) is 17.8. The number of non-ortho nitro benzene ring substituents is 1. The molecule has 3 rings (SSSR count). The number of nitro groups is 1. The van der Waals surface area contributed by atoms with Gasteiger partial charge < -0.3 is 14.6 Å². The molecule has 11 heteroatoms. The molecule has 1 amide bonds. The largest absolute Gasteiger partial charge is 0.486 e. The molecule has 0 aliphatic rings. The lowest BCUT2D eigenvalue weighted by Gasteiger charge is -2.11. The Labute approximate surface area is 194 Å². The number of halogens is 1. The summed E-state index contributed by atoms with van der Waals surface area (Å²) in [5.41, 5.74) is 2.15. The number of thioether (sulfide) groups is 1. The van der Waals surface area contributed by atoms with Crippen molar-refractivity contribution in [1.82, 2.24) is 14.8 Å². The number of nitrogens with zero attached hydrogens (tertiary/aromatic N) is 4. The van der Waals surface area contributed by atoms with Crippen LogP contribution in [0, 0.1) is 24.0 Å². The van der Waals surface area contributed by atoms with Crippen molar-refractivity contribution in [1.29, 1.82) is 0 Å². The molecule has 0 spiro atoms. The molecule has 0 saturated heterocycles. The Morgan fingerprint density at radius 3 is 2.62 bits per heavy atom. The summed E-state index contributed by atoms with van der Waals surface area (Å²) in [6.45, 7) is 6.63. The molecule has 0 aliphatic heterocycles. The van der Waals surface area contributed by atoms with Crippen molar-refractivity contribution in [2.75, 3.05) is 11.1 Å². The molecular formula is C21H22ClN5O4S. The maximum Gasteiger partial charge on any atom is 0.271 e. The summed E-state index contributed by atoms with van der Waals surface area (Å²) < 4.78 is 7.75. The fraction of sp³-hybridized carbons (Fsp3) is 0.286. The van der Waals surface area contributed by atoms with Crippen LogP contribution in [0.4, 0.5) is 11.4 Å². The van der Waals surface area contributed by atoms with E-state index in [0.29, 0.717) is 29.0 Å². The molecule has 1 N–H and O–H groups in total. The maximum atomic E-state index is 12.3. The molecule has 9 nitrogen and oxygen atoms in total. The third kappa shape index (κ3) is 5.77. The van der Waals surface area contributed by atoms with Gasteiger partial charge >= 0.3 is 0 Å². The number of nitrogens with one attached hydrogen (secondary N) is 1. The first-order chi connectivity index (χ1) is 15.3. The van der Waals surface area contributed by atoms with E-state index >= 15 is 0 Å². The third-order valence-electron chi connectivity index (χ3n) is 4.56. The zero-order chi connectivity index (χ0) is 23.3. The molecule has 0 aliphatic carbocycles. The number of benzene rings is 2. The predicted octanol–water partition coefficient (Wildman–Crippen LogP) is 4.79. The van der Waals surface area contributed by atoms with E-state index in [1.54, 1.807) is 6.07 Å². The lowest BCUT2D eigenvalue weighted by Crippen LogP contribution is -2.15. The van der Waals surface area contributed by atoms with Crippen LogP contribution in [0.5, 0.6) is 5.75 Å². The monoisotopic (exact) mass is 475 g/mol. The number of nitro benzene ring substituents is 1. The number of hydrogen-bond donors (Lipinski definition) is 1. The van der Waals surface area contributed by atoms with Gasteiger partial charge in [-0.2, -0.15) is 0 Å². The highest BCUT2D eigenvalue weighted by Crippen LogP contribution is 2.27. The van der Waals surface area contributed by atoms with Gasteiger partial charge in [-0.25, -0.2) is 0 Å². The van der Waals surface area contributed by atoms with Crippen LogP contribution in [0.15, 0.2) is 41.6 Å². The number of amides is 1. The van der Waals surface area contributed by atoms with Gasteiger partial charge in [0, 0.05) is 29.4 Å². The summed E-state index contributed by atoms with van der Waals surface area (Å²) in [6.07, 6.45) is 0. The van der Waals surface area contributed by atoms with Crippen molar-refractivity contribution in [3.63, 3.8) is 0 Å². The van der Waals surface area contributed by atoms with Gasteiger partial charge in [0.15, 0.2) is 11.0 Å². The second-order valence-electron chi connectivity index (χ2n) is 6.95. The Hall–Kier alpha value is -3.11. The van der Waals surface area contributed by atoms with E-state index in [1.807, 2.05) is 37.5 Å². The minimum Gasteiger partial charge on any atom is -0.486 e. The average molecular weight is 476 g/mol. The van der Waals surface area contributed by atoms with Gasteiger partial charge in [-0.05, 0) is 50.1 Å². The van der Waals surface area contributed by atoms with E-state index in [2.05, 4.69) is 15.5 Å². The van der Waals surface area contributed by atoms with Gasteiger partial charge in [0.25, 0.3) is 5.69 Å². The normalized spacial score (nSPS) is 10.8. The van der Waals surface area contributed by atoms with E-state index in [9.17, 15) is 14.9 Å². The van der Waals surface area contributed by atoms with E-state index in [0.717, 1.165) is 16.1 Å². The van der Waals surface area contributed by atoms with Gasteiger partial charge in [0.2, 0.25) is 5.91 Å². The molecule has 168 valence electrons. The lowest BCUT2D eigenvalue weighted by molar-refractivity contribution is -0.384. The van der Waals surface area contributed by atoms with E-state index in [4.69, 9.17) is 16.3 Å². The highest BCUT2D eigenvalue weighted by Gasteiger charge is 2.15. The number of aromatic nitrogens is 3. The maximum absolute atomic E-state index is 12.3. The number of ether oxygens (including phenoxy) is 1. The average Bonchev–Trinajstić information content (AvgIpc) is 3.16. The molecule has 2 aromatic carbocycles. The molecule has 0 unspecified atom stereocenters. The fourth-order valence-corrected chi connectivity index (χ4v) is 3.94. The Morgan fingerprint density at radius 2 is 1.97 bits per heavy atom. The van der Waals surface area contributed by atoms with Crippen LogP contribution < -0.4 is 10.1 Å². The number of hydrogen-bond acceptors (Lipinski definition) is 7. The quantitative estimate of drug-likeness (QED) is 0.269. The van der Waals surface area contributed by atoms with Crippen molar-refractivity contribution in [3.8, 4) is 5.75 Å². The van der Waals surface area contributed by atoms with Crippen LogP contribution in [0.3, 0.4) is 0 Å². The van der Waals surface area contributed by atoms with Gasteiger partial charge in [-0.15, -0.1) is 10.2 Å². The van der Waals surface area contributed by atoms with Crippen LogP contribution in [-0.4, -0.2) is 31.3 Å². The summed E-state index contributed by atoms with van der Waals surface area (Å²) in [7, 11) is 0. The van der Waals surface area contributed by atoms with Crippen LogP contribution in [0.2, 0.25) is 5.02 Å².